The van der Waals surface area contributed by atoms with Crippen LogP contribution in [0.3, 0.4) is 0 Å². The van der Waals surface area contributed by atoms with Gasteiger partial charge in [-0.1, -0.05) is 30.7 Å². The van der Waals surface area contributed by atoms with E-state index in [9.17, 15) is 0 Å². The van der Waals surface area contributed by atoms with E-state index in [1.54, 1.807) is 0 Å². The Labute approximate surface area is 124 Å². The zero-order chi connectivity index (χ0) is 14.5. The van der Waals surface area contributed by atoms with Crippen LogP contribution in [0.2, 0.25) is 5.02 Å². The summed E-state index contributed by atoms with van der Waals surface area (Å²) in [6.45, 7) is 5.83. The van der Waals surface area contributed by atoms with Crippen molar-refractivity contribution < 1.29 is 4.74 Å². The third-order valence-electron chi connectivity index (χ3n) is 3.23. The number of nitrogens with two attached hydrogens (primary N) is 1. The molecule has 0 unspecified atom stereocenters. The van der Waals surface area contributed by atoms with E-state index in [0.717, 1.165) is 35.7 Å². The van der Waals surface area contributed by atoms with Gasteiger partial charge in [0.1, 0.15) is 12.4 Å². The lowest BCUT2D eigenvalue weighted by Crippen LogP contribution is -2.06. The number of benzene rings is 1. The highest BCUT2D eigenvalue weighted by molar-refractivity contribution is 6.31. The van der Waals surface area contributed by atoms with Crippen LogP contribution in [0.1, 0.15) is 30.8 Å². The molecule has 0 aliphatic carbocycles. The number of hydrogen-bond donors (Lipinski definition) is 1. The van der Waals surface area contributed by atoms with E-state index in [2.05, 4.69) is 5.10 Å². The number of rotatable bonds is 6. The molecule has 1 aromatic carbocycles. The molecule has 0 bridgehead atoms. The third kappa shape index (κ3) is 3.14. The van der Waals surface area contributed by atoms with Gasteiger partial charge >= 0.3 is 0 Å². The Kier molecular flexibility index (Phi) is 5.04. The van der Waals surface area contributed by atoms with Gasteiger partial charge in [0.25, 0.3) is 0 Å². The van der Waals surface area contributed by atoms with Gasteiger partial charge in [0.05, 0.1) is 16.4 Å². The van der Waals surface area contributed by atoms with Crippen LogP contribution in [0, 0.1) is 0 Å². The van der Waals surface area contributed by atoms with Gasteiger partial charge in [0.2, 0.25) is 0 Å². The van der Waals surface area contributed by atoms with E-state index in [-0.39, 0.29) is 0 Å². The molecular weight excluding hydrogens is 274 g/mol. The maximum atomic E-state index is 6.34. The fourth-order valence-electron chi connectivity index (χ4n) is 2.03. The van der Waals surface area contributed by atoms with E-state index in [1.807, 2.05) is 42.8 Å². The molecule has 0 aliphatic rings. The Hall–Kier alpha value is -1.52. The van der Waals surface area contributed by atoms with E-state index in [0.29, 0.717) is 18.2 Å². The summed E-state index contributed by atoms with van der Waals surface area (Å²) in [5.74, 6) is 0.806. The van der Waals surface area contributed by atoms with Crippen LogP contribution in [-0.2, 0) is 26.1 Å². The minimum Gasteiger partial charge on any atom is -0.487 e. The van der Waals surface area contributed by atoms with E-state index in [4.69, 9.17) is 22.1 Å². The zero-order valence-corrected chi connectivity index (χ0v) is 12.7. The summed E-state index contributed by atoms with van der Waals surface area (Å²) in [5, 5.41) is 5.19. The number of aromatic nitrogens is 2. The molecule has 0 saturated carbocycles. The van der Waals surface area contributed by atoms with Gasteiger partial charge < -0.3 is 10.5 Å². The highest BCUT2D eigenvalue weighted by atomic mass is 35.5. The van der Waals surface area contributed by atoms with Crippen molar-refractivity contribution in [3.05, 3.63) is 46.2 Å². The van der Waals surface area contributed by atoms with Crippen LogP contribution in [0.4, 0.5) is 0 Å². The second-order valence-corrected chi connectivity index (χ2v) is 4.89. The van der Waals surface area contributed by atoms with Crippen molar-refractivity contribution >= 4 is 11.6 Å². The van der Waals surface area contributed by atoms with Crippen molar-refractivity contribution in [2.24, 2.45) is 5.73 Å². The normalized spacial score (nSPS) is 10.8. The lowest BCUT2D eigenvalue weighted by Gasteiger charge is -2.08. The molecule has 2 N–H and O–H groups in total. The predicted octanol–water partition coefficient (Wildman–Crippen LogP) is 3.16. The van der Waals surface area contributed by atoms with Crippen LogP contribution >= 0.6 is 11.6 Å². The van der Waals surface area contributed by atoms with Gasteiger partial charge in [-0.25, -0.2) is 0 Å². The smallest absolute Gasteiger partial charge is 0.131 e. The number of nitrogens with zero attached hydrogens (tertiary/aromatic N) is 2. The predicted molar refractivity (Wildman–Crippen MR) is 81.0 cm³/mol. The number of halogens is 1. The van der Waals surface area contributed by atoms with E-state index >= 15 is 0 Å². The molecule has 2 aromatic rings. The number of ether oxygens (including phenoxy) is 1. The van der Waals surface area contributed by atoms with Crippen LogP contribution < -0.4 is 10.5 Å². The molecule has 5 heteroatoms. The largest absolute Gasteiger partial charge is 0.487 e. The van der Waals surface area contributed by atoms with Crippen LogP contribution in [0.5, 0.6) is 5.75 Å². The standard InChI is InChI=1S/C15H20ClN3O/c1-3-13-15(16)14(19(4-2)18-13)10-20-12-7-5-11(9-17)6-8-12/h5-8H,3-4,9-10,17H2,1-2H3. The number of hydrogen-bond acceptors (Lipinski definition) is 3. The van der Waals surface area contributed by atoms with Crippen molar-refractivity contribution in [2.75, 3.05) is 0 Å². The summed E-state index contributed by atoms with van der Waals surface area (Å²) in [6.07, 6.45) is 0.823. The Morgan fingerprint density at radius 2 is 1.95 bits per heavy atom. The third-order valence-corrected chi connectivity index (χ3v) is 3.67. The van der Waals surface area contributed by atoms with Gasteiger partial charge in [-0.15, -0.1) is 0 Å². The molecule has 1 aromatic heterocycles. The van der Waals surface area contributed by atoms with Crippen molar-refractivity contribution in [2.45, 2.75) is 40.0 Å². The molecule has 0 fully saturated rings. The average Bonchev–Trinajstić information content (AvgIpc) is 2.81. The zero-order valence-electron chi connectivity index (χ0n) is 11.9. The summed E-state index contributed by atoms with van der Waals surface area (Å²) >= 11 is 6.34. The summed E-state index contributed by atoms with van der Waals surface area (Å²) in [6, 6.07) is 7.77. The highest BCUT2D eigenvalue weighted by Crippen LogP contribution is 2.23. The quantitative estimate of drug-likeness (QED) is 0.890. The first-order valence-corrected chi connectivity index (χ1v) is 7.23. The maximum absolute atomic E-state index is 6.34. The van der Waals surface area contributed by atoms with Crippen LogP contribution in [0.25, 0.3) is 0 Å². The van der Waals surface area contributed by atoms with Crippen molar-refractivity contribution in [1.29, 1.82) is 0 Å². The van der Waals surface area contributed by atoms with Crippen LogP contribution in [0.15, 0.2) is 24.3 Å². The number of aryl methyl sites for hydroxylation is 2. The van der Waals surface area contributed by atoms with Crippen molar-refractivity contribution in [1.82, 2.24) is 9.78 Å². The highest BCUT2D eigenvalue weighted by Gasteiger charge is 2.14. The van der Waals surface area contributed by atoms with E-state index in [1.165, 1.54) is 0 Å². The monoisotopic (exact) mass is 293 g/mol. The van der Waals surface area contributed by atoms with Crippen molar-refractivity contribution in [3.8, 4) is 5.75 Å². The molecule has 4 nitrogen and oxygen atoms in total. The molecule has 0 atom stereocenters. The Balaban J connectivity index is 2.11. The molecule has 0 radical (unpaired) electrons. The fraction of sp³-hybridized carbons (Fsp3) is 0.400. The van der Waals surface area contributed by atoms with Crippen molar-refractivity contribution in [3.63, 3.8) is 0 Å². The molecule has 20 heavy (non-hydrogen) atoms. The lowest BCUT2D eigenvalue weighted by atomic mass is 10.2. The Morgan fingerprint density at radius 3 is 2.50 bits per heavy atom. The lowest BCUT2D eigenvalue weighted by molar-refractivity contribution is 0.292. The summed E-state index contributed by atoms with van der Waals surface area (Å²) in [5.41, 5.74) is 8.50. The molecule has 1 heterocycles. The minimum absolute atomic E-state index is 0.418. The molecule has 0 spiro atoms. The summed E-state index contributed by atoms with van der Waals surface area (Å²) < 4.78 is 7.68. The molecule has 108 valence electrons. The maximum Gasteiger partial charge on any atom is 0.131 e. The van der Waals surface area contributed by atoms with Gasteiger partial charge in [0, 0.05) is 13.1 Å². The Bertz CT molecular complexity index is 563. The molecule has 0 aliphatic heterocycles. The Morgan fingerprint density at radius 1 is 1.25 bits per heavy atom. The summed E-state index contributed by atoms with van der Waals surface area (Å²) in [7, 11) is 0. The molecule has 0 saturated heterocycles. The van der Waals surface area contributed by atoms with Crippen LogP contribution in [-0.4, -0.2) is 9.78 Å². The average molecular weight is 294 g/mol. The first-order valence-electron chi connectivity index (χ1n) is 6.85. The van der Waals surface area contributed by atoms with Gasteiger partial charge in [-0.3, -0.25) is 4.68 Å². The van der Waals surface area contributed by atoms with Gasteiger partial charge in [0.15, 0.2) is 0 Å². The molecule has 2 rings (SSSR count). The topological polar surface area (TPSA) is 53.1 Å². The van der Waals surface area contributed by atoms with Gasteiger partial charge in [-0.05, 0) is 31.0 Å². The fourth-order valence-corrected chi connectivity index (χ4v) is 2.35. The first kappa shape index (κ1) is 14.9. The SMILES string of the molecule is CCc1nn(CC)c(COc2ccc(CN)cc2)c1Cl. The van der Waals surface area contributed by atoms with Gasteiger partial charge in [-0.2, -0.15) is 5.10 Å². The second kappa shape index (κ2) is 6.77. The summed E-state index contributed by atoms with van der Waals surface area (Å²) in [4.78, 5) is 0. The minimum atomic E-state index is 0.418. The van der Waals surface area contributed by atoms with E-state index < -0.39 is 0 Å². The molecule has 0 amide bonds. The second-order valence-electron chi connectivity index (χ2n) is 4.51. The molecular formula is C15H20ClN3O. The first-order chi connectivity index (χ1) is 9.69.